The highest BCUT2D eigenvalue weighted by molar-refractivity contribution is 6.32. The fraction of sp³-hybridized carbons (Fsp3) is 0.353. The zero-order valence-corrected chi connectivity index (χ0v) is 15.4. The Morgan fingerprint density at radius 3 is 2.65 bits per heavy atom. The first-order chi connectivity index (χ1) is 12.4. The number of methoxy groups -OCH3 is 2. The maximum Gasteiger partial charge on any atom is 0.343 e. The van der Waals surface area contributed by atoms with Gasteiger partial charge < -0.3 is 19.5 Å². The van der Waals surface area contributed by atoms with Crippen molar-refractivity contribution in [2.75, 3.05) is 27.4 Å². The monoisotopic (exact) mass is 382 g/mol. The van der Waals surface area contributed by atoms with Crippen molar-refractivity contribution in [2.24, 2.45) is 0 Å². The molecule has 1 aromatic rings. The fourth-order valence-electron chi connectivity index (χ4n) is 2.32. The molecule has 2 rings (SSSR count). The van der Waals surface area contributed by atoms with Crippen molar-refractivity contribution in [3.63, 3.8) is 0 Å². The number of rotatable bonds is 7. The number of halogens is 1. The van der Waals surface area contributed by atoms with Gasteiger partial charge >= 0.3 is 12.0 Å². The van der Waals surface area contributed by atoms with E-state index in [9.17, 15) is 14.4 Å². The molecule has 0 bridgehead atoms. The number of carbonyl (C=O) groups is 3. The van der Waals surface area contributed by atoms with Gasteiger partial charge in [-0.2, -0.15) is 0 Å². The number of carbonyl (C=O) groups excluding carboxylic acids is 3. The highest BCUT2D eigenvalue weighted by atomic mass is 35.5. The Bertz CT molecular complexity index is 762. The smallest absolute Gasteiger partial charge is 0.343 e. The summed E-state index contributed by atoms with van der Waals surface area (Å²) in [6.07, 6.45) is 2.16. The Hall–Kier alpha value is -2.74. The minimum Gasteiger partial charge on any atom is -0.493 e. The largest absolute Gasteiger partial charge is 0.493 e. The van der Waals surface area contributed by atoms with Gasteiger partial charge in [-0.1, -0.05) is 18.5 Å². The molecule has 1 aliphatic heterocycles. The molecule has 0 saturated carbocycles. The number of nitrogens with one attached hydrogen (secondary N) is 1. The lowest BCUT2D eigenvalue weighted by atomic mass is 10.1. The number of benzene rings is 1. The van der Waals surface area contributed by atoms with Crippen molar-refractivity contribution in [3.05, 3.63) is 28.4 Å². The van der Waals surface area contributed by atoms with E-state index >= 15 is 0 Å². The second kappa shape index (κ2) is 8.57. The summed E-state index contributed by atoms with van der Waals surface area (Å²) < 4.78 is 15.1. The topological polar surface area (TPSA) is 94.2 Å². The van der Waals surface area contributed by atoms with Crippen LogP contribution in [0.3, 0.4) is 0 Å². The molecule has 1 aliphatic rings. The standard InChI is InChI=1S/C17H19ClN2O6/c1-4-5-20-16(22)12(19-17(20)23)7-10-6-11(18)15(13(8-10)24-2)26-9-14(21)25-3/h6-8H,4-5,9H2,1-3H3,(H,19,23)/b12-7+. The summed E-state index contributed by atoms with van der Waals surface area (Å²) in [4.78, 5) is 36.5. The second-order valence-electron chi connectivity index (χ2n) is 5.34. The third kappa shape index (κ3) is 4.26. The zero-order chi connectivity index (χ0) is 19.3. The maximum absolute atomic E-state index is 12.3. The minimum absolute atomic E-state index is 0.143. The molecule has 8 nitrogen and oxygen atoms in total. The molecular weight excluding hydrogens is 364 g/mol. The summed E-state index contributed by atoms with van der Waals surface area (Å²) in [6.45, 7) is 1.89. The quantitative estimate of drug-likeness (QED) is 0.441. The van der Waals surface area contributed by atoms with Gasteiger partial charge in [-0.05, 0) is 30.2 Å². The van der Waals surface area contributed by atoms with Crippen molar-refractivity contribution < 1.29 is 28.6 Å². The van der Waals surface area contributed by atoms with E-state index in [0.717, 1.165) is 4.90 Å². The van der Waals surface area contributed by atoms with Crippen LogP contribution in [0, 0.1) is 0 Å². The summed E-state index contributed by atoms with van der Waals surface area (Å²) in [6, 6.07) is 2.65. The van der Waals surface area contributed by atoms with E-state index < -0.39 is 17.9 Å². The molecule has 9 heteroatoms. The van der Waals surface area contributed by atoms with E-state index in [2.05, 4.69) is 10.1 Å². The number of esters is 1. The first kappa shape index (κ1) is 19.6. The van der Waals surface area contributed by atoms with Crippen LogP contribution >= 0.6 is 11.6 Å². The van der Waals surface area contributed by atoms with E-state index in [1.165, 1.54) is 26.4 Å². The van der Waals surface area contributed by atoms with Crippen LogP contribution < -0.4 is 14.8 Å². The van der Waals surface area contributed by atoms with Crippen molar-refractivity contribution in [2.45, 2.75) is 13.3 Å². The molecule has 0 aliphatic carbocycles. The zero-order valence-electron chi connectivity index (χ0n) is 14.6. The molecule has 3 amide bonds. The lowest BCUT2D eigenvalue weighted by Crippen LogP contribution is -2.31. The lowest BCUT2D eigenvalue weighted by Gasteiger charge is -2.12. The van der Waals surface area contributed by atoms with E-state index in [1.54, 1.807) is 6.07 Å². The maximum atomic E-state index is 12.3. The van der Waals surface area contributed by atoms with Crippen LogP contribution in [-0.4, -0.2) is 50.2 Å². The van der Waals surface area contributed by atoms with Gasteiger partial charge in [-0.3, -0.25) is 9.69 Å². The fourth-order valence-corrected chi connectivity index (χ4v) is 2.59. The van der Waals surface area contributed by atoms with Gasteiger partial charge in [0.25, 0.3) is 5.91 Å². The Balaban J connectivity index is 2.28. The van der Waals surface area contributed by atoms with Gasteiger partial charge in [0, 0.05) is 6.54 Å². The Labute approximate surface area is 155 Å². The summed E-state index contributed by atoms with van der Waals surface area (Å²) in [5, 5.41) is 2.71. The van der Waals surface area contributed by atoms with E-state index in [0.29, 0.717) is 18.5 Å². The molecule has 1 heterocycles. The molecule has 0 unspecified atom stereocenters. The number of amides is 3. The molecule has 1 N–H and O–H groups in total. The van der Waals surface area contributed by atoms with Crippen LogP contribution in [0.15, 0.2) is 17.8 Å². The van der Waals surface area contributed by atoms with Crippen LogP contribution in [0.25, 0.3) is 6.08 Å². The number of urea groups is 1. The molecule has 1 saturated heterocycles. The van der Waals surface area contributed by atoms with Crippen LogP contribution in [-0.2, 0) is 14.3 Å². The second-order valence-corrected chi connectivity index (χ2v) is 5.75. The van der Waals surface area contributed by atoms with E-state index in [4.69, 9.17) is 21.1 Å². The summed E-state index contributed by atoms with van der Waals surface area (Å²) in [5.41, 5.74) is 0.670. The van der Waals surface area contributed by atoms with Crippen LogP contribution in [0.5, 0.6) is 11.5 Å². The van der Waals surface area contributed by atoms with Crippen molar-refractivity contribution in [3.8, 4) is 11.5 Å². The number of ether oxygens (including phenoxy) is 3. The Morgan fingerprint density at radius 2 is 2.04 bits per heavy atom. The summed E-state index contributed by atoms with van der Waals surface area (Å²) in [5.74, 6) is -0.519. The van der Waals surface area contributed by atoms with Gasteiger partial charge in [0.15, 0.2) is 18.1 Å². The molecule has 0 aromatic heterocycles. The number of imide groups is 1. The van der Waals surface area contributed by atoms with Crippen molar-refractivity contribution >= 4 is 35.6 Å². The molecule has 1 fully saturated rings. The Kier molecular flexibility index (Phi) is 6.46. The third-order valence-corrected chi connectivity index (χ3v) is 3.82. The minimum atomic E-state index is -0.565. The first-order valence-electron chi connectivity index (χ1n) is 7.83. The van der Waals surface area contributed by atoms with Crippen LogP contribution in [0.2, 0.25) is 5.02 Å². The average molecular weight is 383 g/mol. The molecule has 1 aromatic carbocycles. The normalized spacial score (nSPS) is 15.2. The highest BCUT2D eigenvalue weighted by Crippen LogP contribution is 2.37. The Morgan fingerprint density at radius 1 is 1.31 bits per heavy atom. The molecule has 0 spiro atoms. The van der Waals surface area contributed by atoms with E-state index in [-0.39, 0.29) is 28.8 Å². The lowest BCUT2D eigenvalue weighted by molar-refractivity contribution is -0.142. The van der Waals surface area contributed by atoms with Crippen molar-refractivity contribution in [1.29, 1.82) is 0 Å². The van der Waals surface area contributed by atoms with Gasteiger partial charge in [0.2, 0.25) is 0 Å². The molecule has 140 valence electrons. The molecule has 26 heavy (non-hydrogen) atoms. The van der Waals surface area contributed by atoms with Crippen molar-refractivity contribution in [1.82, 2.24) is 10.2 Å². The SMILES string of the molecule is CCCN1C(=O)N/C(=C/c2cc(Cl)c(OCC(=O)OC)c(OC)c2)C1=O. The molecule has 0 radical (unpaired) electrons. The summed E-state index contributed by atoms with van der Waals surface area (Å²) >= 11 is 6.20. The van der Waals surface area contributed by atoms with Crippen LogP contribution in [0.1, 0.15) is 18.9 Å². The molecule has 0 atom stereocenters. The number of nitrogens with zero attached hydrogens (tertiary/aromatic N) is 1. The summed E-state index contributed by atoms with van der Waals surface area (Å²) in [7, 11) is 2.66. The van der Waals surface area contributed by atoms with Gasteiger partial charge in [0.1, 0.15) is 5.70 Å². The van der Waals surface area contributed by atoms with E-state index in [1.807, 2.05) is 6.92 Å². The van der Waals surface area contributed by atoms with Crippen LogP contribution in [0.4, 0.5) is 4.79 Å². The third-order valence-electron chi connectivity index (χ3n) is 3.53. The highest BCUT2D eigenvalue weighted by Gasteiger charge is 2.32. The number of hydrogen-bond donors (Lipinski definition) is 1. The van der Waals surface area contributed by atoms with Gasteiger partial charge in [-0.25, -0.2) is 9.59 Å². The van der Waals surface area contributed by atoms with Gasteiger partial charge in [-0.15, -0.1) is 0 Å². The van der Waals surface area contributed by atoms with Gasteiger partial charge in [0.05, 0.1) is 19.2 Å². The number of hydrogen-bond acceptors (Lipinski definition) is 6. The average Bonchev–Trinajstić information content (AvgIpc) is 2.87. The predicted octanol–water partition coefficient (Wildman–Crippen LogP) is 2.20. The molecular formula is C17H19ClN2O6. The first-order valence-corrected chi connectivity index (χ1v) is 8.20. The predicted molar refractivity (Wildman–Crippen MR) is 94.0 cm³/mol.